The van der Waals surface area contributed by atoms with Crippen molar-refractivity contribution in [3.05, 3.63) is 47.8 Å². The lowest BCUT2D eigenvalue weighted by Crippen LogP contribution is -2.32. The number of ether oxygens (including phenoxy) is 4. The SMILES string of the molecule is COc1ccc(CN(Cc2nc3ccccc3[nH]2)C[C@@H]2CCCO2)c(OC)c1OC. The molecule has 0 spiro atoms. The minimum absolute atomic E-state index is 0.237. The van der Waals surface area contributed by atoms with E-state index in [2.05, 4.69) is 9.88 Å². The van der Waals surface area contributed by atoms with E-state index in [-0.39, 0.29) is 6.10 Å². The van der Waals surface area contributed by atoms with E-state index in [1.54, 1.807) is 21.3 Å². The van der Waals surface area contributed by atoms with Crippen LogP contribution in [0, 0.1) is 0 Å². The average molecular weight is 412 g/mol. The van der Waals surface area contributed by atoms with Crippen molar-refractivity contribution in [3.8, 4) is 17.2 Å². The van der Waals surface area contributed by atoms with Gasteiger partial charge in [0.25, 0.3) is 0 Å². The Bertz CT molecular complexity index is 949. The molecule has 0 saturated carbocycles. The van der Waals surface area contributed by atoms with Crippen molar-refractivity contribution < 1.29 is 18.9 Å². The van der Waals surface area contributed by atoms with Crippen LogP contribution in [0.5, 0.6) is 17.2 Å². The molecule has 0 amide bonds. The summed E-state index contributed by atoms with van der Waals surface area (Å²) >= 11 is 0. The van der Waals surface area contributed by atoms with E-state index in [0.717, 1.165) is 48.4 Å². The lowest BCUT2D eigenvalue weighted by Gasteiger charge is -2.26. The highest BCUT2D eigenvalue weighted by atomic mass is 16.5. The molecule has 2 aromatic carbocycles. The fourth-order valence-electron chi connectivity index (χ4n) is 4.08. The van der Waals surface area contributed by atoms with Crippen LogP contribution in [0.2, 0.25) is 0 Å². The van der Waals surface area contributed by atoms with Crippen LogP contribution in [0.25, 0.3) is 11.0 Å². The standard InChI is InChI=1S/C23H29N3O4/c1-27-20-11-10-16(22(28-2)23(20)29-3)13-26(14-17-7-6-12-30-17)15-21-24-18-8-4-5-9-19(18)25-21/h4-5,8-11,17H,6-7,12-15H2,1-3H3,(H,24,25)/t17-/m0/s1. The molecular formula is C23H29N3O4. The molecule has 7 nitrogen and oxygen atoms in total. The van der Waals surface area contributed by atoms with Gasteiger partial charge in [0, 0.05) is 25.3 Å². The number of benzene rings is 2. The quantitative estimate of drug-likeness (QED) is 0.578. The van der Waals surface area contributed by atoms with Crippen LogP contribution in [0.3, 0.4) is 0 Å². The van der Waals surface area contributed by atoms with E-state index in [0.29, 0.717) is 30.3 Å². The van der Waals surface area contributed by atoms with Crippen LogP contribution in [0.4, 0.5) is 0 Å². The van der Waals surface area contributed by atoms with Crippen LogP contribution in [-0.4, -0.2) is 55.5 Å². The van der Waals surface area contributed by atoms with Crippen molar-refractivity contribution in [1.82, 2.24) is 14.9 Å². The highest BCUT2D eigenvalue weighted by Gasteiger charge is 2.23. The maximum Gasteiger partial charge on any atom is 0.203 e. The maximum absolute atomic E-state index is 5.91. The van der Waals surface area contributed by atoms with E-state index in [1.165, 1.54) is 0 Å². The molecule has 3 aromatic rings. The van der Waals surface area contributed by atoms with E-state index in [1.807, 2.05) is 36.4 Å². The summed E-state index contributed by atoms with van der Waals surface area (Å²) in [6.45, 7) is 3.03. The van der Waals surface area contributed by atoms with Gasteiger partial charge in [-0.2, -0.15) is 0 Å². The summed E-state index contributed by atoms with van der Waals surface area (Å²) in [6.07, 6.45) is 2.43. The van der Waals surface area contributed by atoms with E-state index in [4.69, 9.17) is 23.9 Å². The number of nitrogens with one attached hydrogen (secondary N) is 1. The highest BCUT2D eigenvalue weighted by molar-refractivity contribution is 5.74. The van der Waals surface area contributed by atoms with Crippen molar-refractivity contribution in [3.63, 3.8) is 0 Å². The lowest BCUT2D eigenvalue weighted by atomic mass is 10.1. The van der Waals surface area contributed by atoms with Gasteiger partial charge in [-0.1, -0.05) is 18.2 Å². The minimum atomic E-state index is 0.237. The van der Waals surface area contributed by atoms with E-state index < -0.39 is 0 Å². The molecule has 2 heterocycles. The van der Waals surface area contributed by atoms with Gasteiger partial charge in [-0.15, -0.1) is 0 Å². The number of rotatable bonds is 9. The topological polar surface area (TPSA) is 68.8 Å². The molecular weight excluding hydrogens is 382 g/mol. The van der Waals surface area contributed by atoms with Crippen LogP contribution < -0.4 is 14.2 Å². The molecule has 1 aliphatic rings. The first kappa shape index (κ1) is 20.5. The molecule has 0 aliphatic carbocycles. The summed E-state index contributed by atoms with van der Waals surface area (Å²) in [7, 11) is 4.91. The number of hydrogen-bond acceptors (Lipinski definition) is 6. The number of imidazole rings is 1. The van der Waals surface area contributed by atoms with Crippen LogP contribution in [0.15, 0.2) is 36.4 Å². The van der Waals surface area contributed by atoms with Crippen molar-refractivity contribution in [2.24, 2.45) is 0 Å². The molecule has 1 saturated heterocycles. The first-order valence-corrected chi connectivity index (χ1v) is 10.3. The van der Waals surface area contributed by atoms with Gasteiger partial charge in [-0.3, -0.25) is 4.90 Å². The molecule has 30 heavy (non-hydrogen) atoms. The van der Waals surface area contributed by atoms with E-state index in [9.17, 15) is 0 Å². The summed E-state index contributed by atoms with van der Waals surface area (Å²) in [6, 6.07) is 12.0. The smallest absolute Gasteiger partial charge is 0.203 e. The average Bonchev–Trinajstić information content (AvgIpc) is 3.42. The Morgan fingerprint density at radius 1 is 1.03 bits per heavy atom. The third-order valence-electron chi connectivity index (χ3n) is 5.48. The molecule has 1 N–H and O–H groups in total. The van der Waals surface area contributed by atoms with Gasteiger partial charge >= 0.3 is 0 Å². The number of para-hydroxylation sites is 2. The van der Waals surface area contributed by atoms with Crippen molar-refractivity contribution in [2.45, 2.75) is 32.0 Å². The third kappa shape index (κ3) is 4.37. The number of nitrogens with zero attached hydrogens (tertiary/aromatic N) is 2. The molecule has 1 aliphatic heterocycles. The van der Waals surface area contributed by atoms with Crippen molar-refractivity contribution >= 4 is 11.0 Å². The summed E-state index contributed by atoms with van der Waals surface area (Å²) in [5.41, 5.74) is 3.06. The predicted molar refractivity (Wildman–Crippen MR) is 115 cm³/mol. The second-order valence-corrected chi connectivity index (χ2v) is 7.50. The maximum atomic E-state index is 5.91. The molecule has 0 radical (unpaired) electrons. The molecule has 1 atom stereocenters. The third-order valence-corrected chi connectivity index (χ3v) is 5.48. The number of H-pyrrole nitrogens is 1. The second kappa shape index (κ2) is 9.36. The van der Waals surface area contributed by atoms with Crippen LogP contribution in [0.1, 0.15) is 24.2 Å². The first-order chi connectivity index (χ1) is 14.7. The molecule has 0 unspecified atom stereocenters. The van der Waals surface area contributed by atoms with Crippen molar-refractivity contribution in [1.29, 1.82) is 0 Å². The fraction of sp³-hybridized carbons (Fsp3) is 0.435. The van der Waals surface area contributed by atoms with Gasteiger partial charge in [0.15, 0.2) is 11.5 Å². The zero-order valence-corrected chi connectivity index (χ0v) is 17.8. The van der Waals surface area contributed by atoms with Crippen LogP contribution in [-0.2, 0) is 17.8 Å². The Balaban J connectivity index is 1.61. The Hall–Kier alpha value is -2.77. The molecule has 160 valence electrons. The molecule has 7 heteroatoms. The number of methoxy groups -OCH3 is 3. The number of hydrogen-bond donors (Lipinski definition) is 1. The van der Waals surface area contributed by atoms with Gasteiger partial charge in [-0.05, 0) is 31.0 Å². The van der Waals surface area contributed by atoms with Gasteiger partial charge in [0.2, 0.25) is 5.75 Å². The normalized spacial score (nSPS) is 16.3. The minimum Gasteiger partial charge on any atom is -0.493 e. The Labute approximate surface area is 176 Å². The second-order valence-electron chi connectivity index (χ2n) is 7.50. The zero-order chi connectivity index (χ0) is 20.9. The monoisotopic (exact) mass is 411 g/mol. The van der Waals surface area contributed by atoms with E-state index >= 15 is 0 Å². The summed E-state index contributed by atoms with van der Waals surface area (Å²) < 4.78 is 22.6. The lowest BCUT2D eigenvalue weighted by molar-refractivity contribution is 0.0668. The van der Waals surface area contributed by atoms with Crippen LogP contribution >= 0.6 is 0 Å². The molecule has 1 aromatic heterocycles. The Kier molecular flexibility index (Phi) is 6.40. The zero-order valence-electron chi connectivity index (χ0n) is 17.8. The summed E-state index contributed by atoms with van der Waals surface area (Å²) in [5.74, 6) is 2.90. The molecule has 1 fully saturated rings. The van der Waals surface area contributed by atoms with Gasteiger partial charge in [0.05, 0.1) is 45.0 Å². The van der Waals surface area contributed by atoms with Gasteiger partial charge in [0.1, 0.15) is 5.82 Å². The summed E-state index contributed by atoms with van der Waals surface area (Å²) in [4.78, 5) is 10.5. The first-order valence-electron chi connectivity index (χ1n) is 10.3. The van der Waals surface area contributed by atoms with Crippen molar-refractivity contribution in [2.75, 3.05) is 34.5 Å². The van der Waals surface area contributed by atoms with Gasteiger partial charge in [-0.25, -0.2) is 4.98 Å². The predicted octanol–water partition coefficient (Wildman–Crippen LogP) is 3.77. The molecule has 4 rings (SSSR count). The largest absolute Gasteiger partial charge is 0.493 e. The highest BCUT2D eigenvalue weighted by Crippen LogP contribution is 2.40. The number of fused-ring (bicyclic) bond motifs is 1. The number of aromatic nitrogens is 2. The molecule has 0 bridgehead atoms. The Morgan fingerprint density at radius 3 is 2.57 bits per heavy atom. The van der Waals surface area contributed by atoms with Gasteiger partial charge < -0.3 is 23.9 Å². The Morgan fingerprint density at radius 2 is 1.87 bits per heavy atom. The fourth-order valence-corrected chi connectivity index (χ4v) is 4.08. The summed E-state index contributed by atoms with van der Waals surface area (Å²) in [5, 5.41) is 0. The number of aromatic amines is 1.